The van der Waals surface area contributed by atoms with Gasteiger partial charge in [0.05, 0.1) is 5.92 Å². The quantitative estimate of drug-likeness (QED) is 0.749. The van der Waals surface area contributed by atoms with Gasteiger partial charge in [0.1, 0.15) is 0 Å². The molecule has 2 aromatic rings. The lowest BCUT2D eigenvalue weighted by Crippen LogP contribution is -2.34. The van der Waals surface area contributed by atoms with Crippen molar-refractivity contribution in [2.24, 2.45) is 11.8 Å². The number of amides is 1. The fraction of sp³-hybridized carbons (Fsp3) is 0.391. The van der Waals surface area contributed by atoms with Crippen LogP contribution in [0.15, 0.2) is 54.6 Å². The van der Waals surface area contributed by atoms with E-state index in [0.29, 0.717) is 32.2 Å². The molecular weight excluding hydrogens is 352 g/mol. The van der Waals surface area contributed by atoms with E-state index in [4.69, 9.17) is 5.11 Å². The first-order valence-corrected chi connectivity index (χ1v) is 10.0. The zero-order valence-electron chi connectivity index (χ0n) is 16.3. The number of benzene rings is 2. The van der Waals surface area contributed by atoms with Crippen LogP contribution in [0.5, 0.6) is 0 Å². The molecule has 1 saturated carbocycles. The number of anilines is 2. The number of aliphatic carboxylic acids is 1. The van der Waals surface area contributed by atoms with Gasteiger partial charge in [0.2, 0.25) is 5.91 Å². The van der Waals surface area contributed by atoms with Crippen LogP contribution in [0.2, 0.25) is 0 Å². The van der Waals surface area contributed by atoms with Crippen LogP contribution in [0.4, 0.5) is 11.4 Å². The second kappa shape index (κ2) is 9.40. The molecule has 1 amide bonds. The second-order valence-corrected chi connectivity index (χ2v) is 7.35. The van der Waals surface area contributed by atoms with E-state index in [1.807, 2.05) is 30.3 Å². The number of hydrogen-bond donors (Lipinski definition) is 2. The van der Waals surface area contributed by atoms with Crippen molar-refractivity contribution < 1.29 is 14.7 Å². The van der Waals surface area contributed by atoms with Gasteiger partial charge < -0.3 is 15.3 Å². The first-order chi connectivity index (χ1) is 13.6. The molecule has 0 aliphatic heterocycles. The molecule has 0 bridgehead atoms. The predicted octanol–water partition coefficient (Wildman–Crippen LogP) is 4.35. The Balaban J connectivity index is 1.53. The van der Waals surface area contributed by atoms with Crippen molar-refractivity contribution >= 4 is 23.3 Å². The first-order valence-electron chi connectivity index (χ1n) is 10.0. The largest absolute Gasteiger partial charge is 0.481 e. The summed E-state index contributed by atoms with van der Waals surface area (Å²) in [4.78, 5) is 25.7. The molecule has 0 atom stereocenters. The Kier molecular flexibility index (Phi) is 6.69. The highest BCUT2D eigenvalue weighted by Crippen LogP contribution is 2.29. The van der Waals surface area contributed by atoms with E-state index in [9.17, 15) is 9.59 Å². The van der Waals surface area contributed by atoms with E-state index in [1.54, 1.807) is 0 Å². The van der Waals surface area contributed by atoms with Gasteiger partial charge in [-0.1, -0.05) is 30.3 Å². The van der Waals surface area contributed by atoms with Gasteiger partial charge >= 0.3 is 5.97 Å². The topological polar surface area (TPSA) is 69.6 Å². The van der Waals surface area contributed by atoms with Crippen LogP contribution in [0, 0.1) is 11.8 Å². The van der Waals surface area contributed by atoms with E-state index < -0.39 is 5.97 Å². The van der Waals surface area contributed by atoms with Gasteiger partial charge in [-0.05, 0) is 62.4 Å². The molecule has 0 heterocycles. The zero-order chi connectivity index (χ0) is 19.9. The molecular formula is C23H28N2O3. The number of hydrogen-bond acceptors (Lipinski definition) is 3. The first kappa shape index (κ1) is 19.9. The number of carbonyl (C=O) groups excluding carboxylic acids is 1. The van der Waals surface area contributed by atoms with Crippen LogP contribution in [-0.4, -0.2) is 23.5 Å². The highest BCUT2D eigenvalue weighted by Gasteiger charge is 2.29. The molecule has 28 heavy (non-hydrogen) atoms. The van der Waals surface area contributed by atoms with Crippen molar-refractivity contribution in [3.8, 4) is 0 Å². The monoisotopic (exact) mass is 380 g/mol. The van der Waals surface area contributed by atoms with E-state index >= 15 is 0 Å². The van der Waals surface area contributed by atoms with Gasteiger partial charge in [-0.25, -0.2) is 0 Å². The molecule has 0 aromatic heterocycles. The Labute approximate surface area is 166 Å². The summed E-state index contributed by atoms with van der Waals surface area (Å²) in [6.07, 6.45) is 2.50. The summed E-state index contributed by atoms with van der Waals surface area (Å²) >= 11 is 0. The van der Waals surface area contributed by atoms with Crippen LogP contribution in [0.3, 0.4) is 0 Å². The average molecular weight is 380 g/mol. The number of nitrogens with zero attached hydrogens (tertiary/aromatic N) is 1. The second-order valence-electron chi connectivity index (χ2n) is 7.35. The minimum absolute atomic E-state index is 0.0346. The summed E-state index contributed by atoms with van der Waals surface area (Å²) in [7, 11) is 0. The lowest BCUT2D eigenvalue weighted by atomic mass is 9.81. The van der Waals surface area contributed by atoms with Crippen LogP contribution in [0.25, 0.3) is 0 Å². The van der Waals surface area contributed by atoms with E-state index in [1.165, 1.54) is 0 Å². The van der Waals surface area contributed by atoms with Crippen molar-refractivity contribution in [3.05, 3.63) is 60.2 Å². The van der Waals surface area contributed by atoms with Crippen molar-refractivity contribution in [1.82, 2.24) is 5.32 Å². The molecule has 0 radical (unpaired) electrons. The molecule has 2 N–H and O–H groups in total. The lowest BCUT2D eigenvalue weighted by Gasteiger charge is -2.25. The van der Waals surface area contributed by atoms with Gasteiger partial charge in [0.25, 0.3) is 0 Å². The predicted molar refractivity (Wildman–Crippen MR) is 110 cm³/mol. The molecule has 5 nitrogen and oxygen atoms in total. The number of nitrogens with one attached hydrogen (secondary N) is 1. The fourth-order valence-corrected chi connectivity index (χ4v) is 3.85. The Morgan fingerprint density at radius 3 is 2.07 bits per heavy atom. The lowest BCUT2D eigenvalue weighted by molar-refractivity contribution is -0.144. The Bertz CT molecular complexity index is 781. The van der Waals surface area contributed by atoms with Crippen molar-refractivity contribution in [2.45, 2.75) is 39.2 Å². The summed E-state index contributed by atoms with van der Waals surface area (Å²) < 4.78 is 0. The molecule has 0 spiro atoms. The maximum absolute atomic E-state index is 12.4. The summed E-state index contributed by atoms with van der Waals surface area (Å²) in [5, 5.41) is 12.1. The van der Waals surface area contributed by atoms with E-state index in [0.717, 1.165) is 23.5 Å². The minimum atomic E-state index is -0.740. The number of carbonyl (C=O) groups is 2. The Morgan fingerprint density at radius 2 is 1.50 bits per heavy atom. The smallest absolute Gasteiger partial charge is 0.306 e. The third-order valence-corrected chi connectivity index (χ3v) is 5.55. The summed E-state index contributed by atoms with van der Waals surface area (Å²) in [5.74, 6) is -1.06. The van der Waals surface area contributed by atoms with Crippen molar-refractivity contribution in [1.29, 1.82) is 0 Å². The number of carboxylic acid groups (broad SMARTS) is 1. The van der Waals surface area contributed by atoms with Gasteiger partial charge in [0, 0.05) is 30.4 Å². The van der Waals surface area contributed by atoms with Gasteiger partial charge in [0.15, 0.2) is 0 Å². The van der Waals surface area contributed by atoms with Gasteiger partial charge in [-0.3, -0.25) is 9.59 Å². The molecule has 148 valence electrons. The zero-order valence-corrected chi connectivity index (χ0v) is 16.3. The highest BCUT2D eigenvalue weighted by molar-refractivity contribution is 5.79. The number of rotatable bonds is 7. The van der Waals surface area contributed by atoms with Gasteiger partial charge in [-0.2, -0.15) is 0 Å². The van der Waals surface area contributed by atoms with Crippen molar-refractivity contribution in [2.75, 3.05) is 11.4 Å². The van der Waals surface area contributed by atoms with E-state index in [2.05, 4.69) is 41.4 Å². The SMILES string of the molecule is CCN(c1ccccc1)c1ccc(CNC(=O)C2CCC(C(=O)O)CC2)cc1. The van der Waals surface area contributed by atoms with Crippen LogP contribution < -0.4 is 10.2 Å². The fourth-order valence-electron chi connectivity index (χ4n) is 3.85. The number of carboxylic acids is 1. The van der Waals surface area contributed by atoms with Crippen LogP contribution in [-0.2, 0) is 16.1 Å². The van der Waals surface area contributed by atoms with Gasteiger partial charge in [-0.15, -0.1) is 0 Å². The minimum Gasteiger partial charge on any atom is -0.481 e. The number of para-hydroxylation sites is 1. The van der Waals surface area contributed by atoms with Crippen LogP contribution >= 0.6 is 0 Å². The molecule has 1 aliphatic carbocycles. The normalized spacial score (nSPS) is 19.0. The summed E-state index contributed by atoms with van der Waals surface area (Å²) in [5.41, 5.74) is 3.33. The standard InChI is InChI=1S/C23H28N2O3/c1-2-25(20-6-4-3-5-7-20)21-14-8-17(9-15-21)16-24-22(26)18-10-12-19(13-11-18)23(27)28/h3-9,14-15,18-19H,2,10-13,16H2,1H3,(H,24,26)(H,27,28). The Morgan fingerprint density at radius 1 is 0.929 bits per heavy atom. The third kappa shape index (κ3) is 4.91. The average Bonchev–Trinajstić information content (AvgIpc) is 2.74. The van der Waals surface area contributed by atoms with E-state index in [-0.39, 0.29) is 17.7 Å². The maximum atomic E-state index is 12.4. The molecule has 1 aliphatic rings. The van der Waals surface area contributed by atoms with Crippen LogP contribution in [0.1, 0.15) is 38.2 Å². The molecule has 0 saturated heterocycles. The molecule has 0 unspecified atom stereocenters. The molecule has 2 aromatic carbocycles. The summed E-state index contributed by atoms with van der Waals surface area (Å²) in [6.45, 7) is 3.49. The highest BCUT2D eigenvalue weighted by atomic mass is 16.4. The van der Waals surface area contributed by atoms with Crippen molar-refractivity contribution in [3.63, 3.8) is 0 Å². The molecule has 5 heteroatoms. The Hall–Kier alpha value is -2.82. The molecule has 1 fully saturated rings. The summed E-state index contributed by atoms with van der Waals surface area (Å²) in [6, 6.07) is 18.5. The third-order valence-electron chi connectivity index (χ3n) is 5.55. The maximum Gasteiger partial charge on any atom is 0.306 e. The molecule has 3 rings (SSSR count).